The van der Waals surface area contributed by atoms with Gasteiger partial charge in [-0.15, -0.1) is 5.10 Å². The van der Waals surface area contributed by atoms with Crippen LogP contribution < -0.4 is 16.4 Å². The number of amides is 3. The summed E-state index contributed by atoms with van der Waals surface area (Å²) >= 11 is 0. The molecule has 0 saturated heterocycles. The zero-order valence-electron chi connectivity index (χ0n) is 11.7. The zero-order chi connectivity index (χ0) is 15.2. The van der Waals surface area contributed by atoms with Crippen LogP contribution >= 0.6 is 0 Å². The van der Waals surface area contributed by atoms with E-state index in [-0.39, 0.29) is 5.95 Å². The van der Waals surface area contributed by atoms with Crippen LogP contribution in [-0.2, 0) is 4.79 Å². The van der Waals surface area contributed by atoms with E-state index in [0.717, 1.165) is 11.4 Å². The summed E-state index contributed by atoms with van der Waals surface area (Å²) in [4.78, 5) is 31.4. The van der Waals surface area contributed by atoms with E-state index in [1.54, 1.807) is 0 Å². The van der Waals surface area contributed by atoms with Crippen molar-refractivity contribution in [2.24, 2.45) is 5.73 Å². The lowest BCUT2D eigenvalue weighted by Gasteiger charge is -2.12. The molecule has 0 unspecified atom stereocenters. The van der Waals surface area contributed by atoms with Gasteiger partial charge in [0, 0.05) is 11.4 Å². The van der Waals surface area contributed by atoms with Crippen LogP contribution in [0.4, 0.5) is 10.7 Å². The number of rotatable bonds is 3. The maximum atomic E-state index is 11.9. The van der Waals surface area contributed by atoms with Gasteiger partial charge in [0.25, 0.3) is 11.7 Å². The smallest absolute Gasteiger partial charge is 0.322 e. The van der Waals surface area contributed by atoms with E-state index in [9.17, 15) is 9.59 Å². The molecule has 0 bridgehead atoms. The van der Waals surface area contributed by atoms with Crippen LogP contribution in [0.3, 0.4) is 0 Å². The van der Waals surface area contributed by atoms with Gasteiger partial charge in [-0.2, -0.15) is 9.50 Å². The Balaban J connectivity index is 1.78. The molecular formula is C12H15N7O2. The number of aromatic nitrogens is 4. The summed E-state index contributed by atoms with van der Waals surface area (Å²) in [5.74, 6) is -0.0125. The van der Waals surface area contributed by atoms with Crippen molar-refractivity contribution in [3.05, 3.63) is 17.5 Å². The van der Waals surface area contributed by atoms with Gasteiger partial charge in [0.05, 0.1) is 0 Å². The summed E-state index contributed by atoms with van der Waals surface area (Å²) in [7, 11) is 0. The Kier molecular flexibility index (Phi) is 2.78. The minimum Gasteiger partial charge on any atom is -0.368 e. The number of nitrogens with zero attached hydrogens (tertiary/aromatic N) is 4. The average Bonchev–Trinajstić information content (AvgIpc) is 3.03. The molecule has 1 fully saturated rings. The minimum absolute atomic E-state index is 0.119. The van der Waals surface area contributed by atoms with Crippen molar-refractivity contribution in [1.29, 1.82) is 0 Å². The molecule has 1 saturated carbocycles. The molecule has 4 N–H and O–H groups in total. The molecular weight excluding hydrogens is 274 g/mol. The molecule has 110 valence electrons. The fourth-order valence-electron chi connectivity index (χ4n) is 2.13. The van der Waals surface area contributed by atoms with E-state index in [4.69, 9.17) is 5.73 Å². The van der Waals surface area contributed by atoms with Crippen LogP contribution in [0.1, 0.15) is 24.2 Å². The average molecular weight is 289 g/mol. The van der Waals surface area contributed by atoms with Crippen molar-refractivity contribution in [1.82, 2.24) is 24.9 Å². The Morgan fingerprint density at radius 1 is 1.33 bits per heavy atom. The monoisotopic (exact) mass is 289 g/mol. The highest BCUT2D eigenvalue weighted by Crippen LogP contribution is 2.34. The summed E-state index contributed by atoms with van der Waals surface area (Å²) < 4.78 is 1.53. The van der Waals surface area contributed by atoms with Crippen molar-refractivity contribution in [2.75, 3.05) is 5.32 Å². The summed E-state index contributed by atoms with van der Waals surface area (Å²) in [6.45, 7) is 3.72. The van der Waals surface area contributed by atoms with Gasteiger partial charge < -0.3 is 11.1 Å². The first-order chi connectivity index (χ1) is 9.89. The van der Waals surface area contributed by atoms with Gasteiger partial charge in [-0.3, -0.25) is 10.1 Å². The molecule has 3 amide bonds. The molecule has 9 nitrogen and oxygen atoms in total. The van der Waals surface area contributed by atoms with E-state index >= 15 is 0 Å². The number of aryl methyl sites for hydroxylation is 2. The highest BCUT2D eigenvalue weighted by Gasteiger charge is 2.50. The SMILES string of the molecule is Cc1cc(C)n2nc(NC(=O)NC3(C(N)=O)CC3)nc2n1. The molecule has 2 heterocycles. The summed E-state index contributed by atoms with van der Waals surface area (Å²) in [6.07, 6.45) is 1.10. The number of hydrogen-bond acceptors (Lipinski definition) is 5. The molecule has 1 aliphatic rings. The van der Waals surface area contributed by atoms with Gasteiger partial charge in [-0.25, -0.2) is 9.78 Å². The predicted molar refractivity (Wildman–Crippen MR) is 73.6 cm³/mol. The third-order valence-electron chi connectivity index (χ3n) is 3.42. The molecule has 0 spiro atoms. The Labute approximate surface area is 119 Å². The third kappa shape index (κ3) is 2.37. The summed E-state index contributed by atoms with van der Waals surface area (Å²) in [5, 5.41) is 9.18. The molecule has 2 aromatic rings. The van der Waals surface area contributed by atoms with E-state index in [0.29, 0.717) is 18.6 Å². The number of carbonyl (C=O) groups excluding carboxylic acids is 2. The quantitative estimate of drug-likeness (QED) is 0.726. The molecule has 3 rings (SSSR count). The van der Waals surface area contributed by atoms with Crippen molar-refractivity contribution >= 4 is 23.7 Å². The second-order valence-electron chi connectivity index (χ2n) is 5.21. The lowest BCUT2D eigenvalue weighted by Crippen LogP contribution is -2.48. The van der Waals surface area contributed by atoms with Crippen LogP contribution in [0, 0.1) is 13.8 Å². The standard InChI is InChI=1S/C12H15N7O2/c1-6-5-7(2)19-10(14-6)15-9(18-19)16-11(21)17-12(3-4-12)8(13)20/h5H,3-4H2,1-2H3,(H2,13,20)(H2,16,17,18,21). The van der Waals surface area contributed by atoms with Gasteiger partial charge in [0.2, 0.25) is 5.91 Å². The van der Waals surface area contributed by atoms with Crippen LogP contribution in [0.15, 0.2) is 6.07 Å². The fraction of sp³-hybridized carbons (Fsp3) is 0.417. The molecule has 21 heavy (non-hydrogen) atoms. The molecule has 0 radical (unpaired) electrons. The third-order valence-corrected chi connectivity index (χ3v) is 3.42. The lowest BCUT2D eigenvalue weighted by atomic mass is 10.2. The number of anilines is 1. The molecule has 2 aromatic heterocycles. The first-order valence-corrected chi connectivity index (χ1v) is 6.50. The van der Waals surface area contributed by atoms with E-state index in [1.807, 2.05) is 19.9 Å². The van der Waals surface area contributed by atoms with Gasteiger partial charge in [0.1, 0.15) is 5.54 Å². The van der Waals surface area contributed by atoms with Crippen molar-refractivity contribution < 1.29 is 9.59 Å². The lowest BCUT2D eigenvalue weighted by molar-refractivity contribution is -0.120. The number of carbonyl (C=O) groups is 2. The molecule has 0 atom stereocenters. The van der Waals surface area contributed by atoms with Crippen LogP contribution in [-0.4, -0.2) is 37.1 Å². The van der Waals surface area contributed by atoms with Gasteiger partial charge >= 0.3 is 6.03 Å². The van der Waals surface area contributed by atoms with Gasteiger partial charge in [-0.05, 0) is 32.8 Å². The maximum Gasteiger partial charge on any atom is 0.322 e. The zero-order valence-corrected chi connectivity index (χ0v) is 11.7. The number of nitrogens with one attached hydrogen (secondary N) is 2. The first-order valence-electron chi connectivity index (χ1n) is 6.50. The van der Waals surface area contributed by atoms with E-state index < -0.39 is 17.5 Å². The normalized spacial score (nSPS) is 15.7. The van der Waals surface area contributed by atoms with Crippen LogP contribution in [0.25, 0.3) is 5.78 Å². The summed E-state index contributed by atoms with van der Waals surface area (Å²) in [6, 6.07) is 1.30. The molecule has 1 aliphatic carbocycles. The largest absolute Gasteiger partial charge is 0.368 e. The second-order valence-corrected chi connectivity index (χ2v) is 5.21. The number of nitrogens with two attached hydrogens (primary N) is 1. The number of primary amides is 1. The molecule has 9 heteroatoms. The number of urea groups is 1. The van der Waals surface area contributed by atoms with E-state index in [1.165, 1.54) is 4.52 Å². The fourth-order valence-corrected chi connectivity index (χ4v) is 2.13. The Bertz CT molecular complexity index is 747. The van der Waals surface area contributed by atoms with Gasteiger partial charge in [-0.1, -0.05) is 0 Å². The van der Waals surface area contributed by atoms with Crippen molar-refractivity contribution in [3.63, 3.8) is 0 Å². The highest BCUT2D eigenvalue weighted by atomic mass is 16.2. The van der Waals surface area contributed by atoms with E-state index in [2.05, 4.69) is 25.7 Å². The second kappa shape index (κ2) is 4.40. The number of fused-ring (bicyclic) bond motifs is 1. The highest BCUT2D eigenvalue weighted by molar-refractivity contribution is 5.96. The van der Waals surface area contributed by atoms with Crippen molar-refractivity contribution in [2.45, 2.75) is 32.2 Å². The maximum absolute atomic E-state index is 11.9. The van der Waals surface area contributed by atoms with Gasteiger partial charge in [0.15, 0.2) is 0 Å². The van der Waals surface area contributed by atoms with Crippen LogP contribution in [0.5, 0.6) is 0 Å². The Morgan fingerprint density at radius 3 is 2.67 bits per heavy atom. The topological polar surface area (TPSA) is 127 Å². The summed E-state index contributed by atoms with van der Waals surface area (Å²) in [5.41, 5.74) is 5.99. The van der Waals surface area contributed by atoms with Crippen molar-refractivity contribution in [3.8, 4) is 0 Å². The first kappa shape index (κ1) is 13.3. The Hall–Kier alpha value is -2.71. The predicted octanol–water partition coefficient (Wildman–Crippen LogP) is -0.119. The molecule has 0 aliphatic heterocycles. The molecule has 0 aromatic carbocycles. The number of hydrogen-bond donors (Lipinski definition) is 3. The minimum atomic E-state index is -0.923. The van der Waals surface area contributed by atoms with Crippen LogP contribution in [0.2, 0.25) is 0 Å². The Morgan fingerprint density at radius 2 is 2.05 bits per heavy atom.